The predicted octanol–water partition coefficient (Wildman–Crippen LogP) is 3.44. The van der Waals surface area contributed by atoms with E-state index in [2.05, 4.69) is 18.7 Å². The summed E-state index contributed by atoms with van der Waals surface area (Å²) in [6, 6.07) is 0.975. The van der Waals surface area contributed by atoms with Crippen LogP contribution in [0.1, 0.15) is 58.8 Å². The highest BCUT2D eigenvalue weighted by molar-refractivity contribution is 4.88. The van der Waals surface area contributed by atoms with Gasteiger partial charge in [0.1, 0.15) is 0 Å². The van der Waals surface area contributed by atoms with Crippen molar-refractivity contribution in [2.24, 2.45) is 0 Å². The maximum absolute atomic E-state index is 2.63. The van der Waals surface area contributed by atoms with Gasteiger partial charge in [0.05, 0.1) is 0 Å². The SMILES string of the molecule is CCCCCCC1CN1CCCC. The Morgan fingerprint density at radius 3 is 2.46 bits per heavy atom. The van der Waals surface area contributed by atoms with Crippen molar-refractivity contribution < 1.29 is 0 Å². The molecule has 0 aromatic carbocycles. The number of unbranched alkanes of at least 4 members (excludes halogenated alkanes) is 4. The van der Waals surface area contributed by atoms with Crippen LogP contribution in [-0.4, -0.2) is 24.0 Å². The van der Waals surface area contributed by atoms with Gasteiger partial charge in [-0.05, 0) is 19.4 Å². The van der Waals surface area contributed by atoms with Gasteiger partial charge in [-0.25, -0.2) is 0 Å². The van der Waals surface area contributed by atoms with Crippen LogP contribution in [0.3, 0.4) is 0 Å². The van der Waals surface area contributed by atoms with Crippen molar-refractivity contribution >= 4 is 0 Å². The zero-order valence-corrected chi connectivity index (χ0v) is 9.39. The van der Waals surface area contributed by atoms with Crippen molar-refractivity contribution in [3.8, 4) is 0 Å². The van der Waals surface area contributed by atoms with E-state index in [1.165, 1.54) is 58.0 Å². The first-order valence-electron chi connectivity index (χ1n) is 6.12. The third-order valence-corrected chi connectivity index (χ3v) is 3.02. The average Bonchev–Trinajstić information content (AvgIpc) is 2.88. The van der Waals surface area contributed by atoms with Gasteiger partial charge >= 0.3 is 0 Å². The summed E-state index contributed by atoms with van der Waals surface area (Å²) in [5, 5.41) is 0. The lowest BCUT2D eigenvalue weighted by Gasteiger charge is -2.01. The standard InChI is InChI=1S/C12H25N/c1-3-5-7-8-9-12-11-13(12)10-6-4-2/h12H,3-11H2,1-2H3. The highest BCUT2D eigenvalue weighted by atomic mass is 15.3. The van der Waals surface area contributed by atoms with Crippen LogP contribution in [-0.2, 0) is 0 Å². The van der Waals surface area contributed by atoms with E-state index in [9.17, 15) is 0 Å². The first-order valence-corrected chi connectivity index (χ1v) is 6.12. The lowest BCUT2D eigenvalue weighted by atomic mass is 10.1. The number of rotatable bonds is 8. The summed E-state index contributed by atoms with van der Waals surface area (Å²) < 4.78 is 0. The summed E-state index contributed by atoms with van der Waals surface area (Å²) in [4.78, 5) is 2.63. The zero-order chi connectivity index (χ0) is 9.52. The van der Waals surface area contributed by atoms with Crippen LogP contribution in [0.4, 0.5) is 0 Å². The molecule has 0 amide bonds. The first-order chi connectivity index (χ1) is 6.38. The summed E-state index contributed by atoms with van der Waals surface area (Å²) in [5.41, 5.74) is 0. The van der Waals surface area contributed by atoms with Crippen LogP contribution in [0.2, 0.25) is 0 Å². The van der Waals surface area contributed by atoms with Crippen LogP contribution in [0.5, 0.6) is 0 Å². The predicted molar refractivity (Wildman–Crippen MR) is 59.0 cm³/mol. The summed E-state index contributed by atoms with van der Waals surface area (Å²) in [7, 11) is 0. The van der Waals surface area contributed by atoms with Crippen molar-refractivity contribution in [1.29, 1.82) is 0 Å². The molecule has 0 saturated carbocycles. The Balaban J connectivity index is 1.83. The fourth-order valence-electron chi connectivity index (χ4n) is 1.94. The van der Waals surface area contributed by atoms with Gasteiger partial charge in [-0.15, -0.1) is 0 Å². The van der Waals surface area contributed by atoms with E-state index in [0.717, 1.165) is 6.04 Å². The Bertz CT molecular complexity index is 122. The normalized spacial score (nSPS) is 26.3. The average molecular weight is 183 g/mol. The molecule has 78 valence electrons. The quantitative estimate of drug-likeness (QED) is 0.411. The van der Waals surface area contributed by atoms with E-state index < -0.39 is 0 Å². The Morgan fingerprint density at radius 1 is 1.00 bits per heavy atom. The molecule has 0 aliphatic carbocycles. The third kappa shape index (κ3) is 4.66. The highest BCUT2D eigenvalue weighted by Crippen LogP contribution is 2.23. The molecule has 0 spiro atoms. The topological polar surface area (TPSA) is 3.01 Å². The van der Waals surface area contributed by atoms with E-state index in [0.29, 0.717) is 0 Å². The maximum Gasteiger partial charge on any atom is 0.0223 e. The van der Waals surface area contributed by atoms with Gasteiger partial charge in [0.25, 0.3) is 0 Å². The molecule has 1 nitrogen and oxygen atoms in total. The highest BCUT2D eigenvalue weighted by Gasteiger charge is 2.31. The summed E-state index contributed by atoms with van der Waals surface area (Å²) in [5.74, 6) is 0. The van der Waals surface area contributed by atoms with Crippen LogP contribution in [0, 0.1) is 0 Å². The molecule has 0 bridgehead atoms. The number of nitrogens with zero attached hydrogens (tertiary/aromatic N) is 1. The number of hydrogen-bond donors (Lipinski definition) is 0. The minimum atomic E-state index is 0.975. The molecule has 2 atom stereocenters. The molecule has 2 unspecified atom stereocenters. The molecular weight excluding hydrogens is 158 g/mol. The summed E-state index contributed by atoms with van der Waals surface area (Å²) in [6.07, 6.45) is 9.91. The Kier molecular flexibility index (Phi) is 5.45. The second kappa shape index (κ2) is 6.42. The largest absolute Gasteiger partial charge is 0.298 e. The van der Waals surface area contributed by atoms with Crippen molar-refractivity contribution in [1.82, 2.24) is 4.90 Å². The van der Waals surface area contributed by atoms with Gasteiger partial charge in [0.2, 0.25) is 0 Å². The zero-order valence-electron chi connectivity index (χ0n) is 9.39. The van der Waals surface area contributed by atoms with Crippen molar-refractivity contribution in [3.63, 3.8) is 0 Å². The molecule has 1 heteroatoms. The summed E-state index contributed by atoms with van der Waals surface area (Å²) >= 11 is 0. The van der Waals surface area contributed by atoms with Crippen LogP contribution < -0.4 is 0 Å². The van der Waals surface area contributed by atoms with E-state index in [-0.39, 0.29) is 0 Å². The Labute approximate surface area is 83.5 Å². The third-order valence-electron chi connectivity index (χ3n) is 3.02. The first kappa shape index (κ1) is 11.0. The molecule has 1 aliphatic rings. The summed E-state index contributed by atoms with van der Waals surface area (Å²) in [6.45, 7) is 7.31. The molecule has 1 fully saturated rings. The van der Waals surface area contributed by atoms with Gasteiger partial charge < -0.3 is 0 Å². The van der Waals surface area contributed by atoms with E-state index >= 15 is 0 Å². The monoisotopic (exact) mass is 183 g/mol. The molecule has 0 aromatic rings. The molecule has 1 heterocycles. The number of hydrogen-bond acceptors (Lipinski definition) is 1. The second-order valence-corrected chi connectivity index (χ2v) is 4.35. The van der Waals surface area contributed by atoms with Gasteiger partial charge in [0.15, 0.2) is 0 Å². The molecule has 1 saturated heterocycles. The molecule has 0 radical (unpaired) electrons. The molecular formula is C12H25N. The molecule has 1 rings (SSSR count). The Morgan fingerprint density at radius 2 is 1.77 bits per heavy atom. The molecule has 13 heavy (non-hydrogen) atoms. The molecule has 0 aromatic heterocycles. The maximum atomic E-state index is 2.63. The van der Waals surface area contributed by atoms with Crippen molar-refractivity contribution in [2.75, 3.05) is 13.1 Å². The van der Waals surface area contributed by atoms with E-state index in [1.807, 2.05) is 0 Å². The lowest BCUT2D eigenvalue weighted by molar-refractivity contribution is 0.463. The Hall–Kier alpha value is -0.0400. The van der Waals surface area contributed by atoms with E-state index in [1.54, 1.807) is 0 Å². The minimum Gasteiger partial charge on any atom is -0.298 e. The van der Waals surface area contributed by atoms with Crippen LogP contribution >= 0.6 is 0 Å². The second-order valence-electron chi connectivity index (χ2n) is 4.35. The minimum absolute atomic E-state index is 0.975. The lowest BCUT2D eigenvalue weighted by Crippen LogP contribution is -2.03. The molecule has 1 aliphatic heterocycles. The van der Waals surface area contributed by atoms with Gasteiger partial charge in [0, 0.05) is 12.6 Å². The van der Waals surface area contributed by atoms with Gasteiger partial charge in [-0.2, -0.15) is 0 Å². The smallest absolute Gasteiger partial charge is 0.0223 e. The van der Waals surface area contributed by atoms with Gasteiger partial charge in [-0.3, -0.25) is 4.90 Å². The van der Waals surface area contributed by atoms with Gasteiger partial charge in [-0.1, -0.05) is 46.0 Å². The fraction of sp³-hybridized carbons (Fsp3) is 1.00. The van der Waals surface area contributed by atoms with Crippen LogP contribution in [0.25, 0.3) is 0 Å². The molecule has 0 N–H and O–H groups in total. The van der Waals surface area contributed by atoms with E-state index in [4.69, 9.17) is 0 Å². The van der Waals surface area contributed by atoms with Crippen molar-refractivity contribution in [3.05, 3.63) is 0 Å². The van der Waals surface area contributed by atoms with Crippen molar-refractivity contribution in [2.45, 2.75) is 64.8 Å². The van der Waals surface area contributed by atoms with Crippen LogP contribution in [0.15, 0.2) is 0 Å². The fourth-order valence-corrected chi connectivity index (χ4v) is 1.94.